The number of hydrogen-bond donors (Lipinski definition) is 0. The highest BCUT2D eigenvalue weighted by Crippen LogP contribution is 2.44. The first-order chi connectivity index (χ1) is 10.1. The molecule has 2 unspecified atom stereocenters. The molecule has 0 aliphatic heterocycles. The van der Waals surface area contributed by atoms with Gasteiger partial charge in [-0.3, -0.25) is 0 Å². The third kappa shape index (κ3) is 5.48. The lowest BCUT2D eigenvalue weighted by Gasteiger charge is -2.39. The zero-order chi connectivity index (χ0) is 15.7. The van der Waals surface area contributed by atoms with Crippen LogP contribution < -0.4 is 0 Å². The topological polar surface area (TPSA) is 18.5 Å². The fraction of sp³-hybridized carbons (Fsp3) is 1.00. The van der Waals surface area contributed by atoms with Crippen LogP contribution in [0.15, 0.2) is 0 Å². The third-order valence-corrected chi connectivity index (χ3v) is 4.82. The highest BCUT2D eigenvalue weighted by atomic mass is 19.3. The van der Waals surface area contributed by atoms with E-state index in [0.29, 0.717) is 12.8 Å². The summed E-state index contributed by atoms with van der Waals surface area (Å²) >= 11 is 0. The zero-order valence-corrected chi connectivity index (χ0v) is 13.9. The molecule has 1 aliphatic rings. The quantitative estimate of drug-likeness (QED) is 0.525. The maximum absolute atomic E-state index is 14.9. The van der Waals surface area contributed by atoms with E-state index in [-0.39, 0.29) is 12.7 Å². The summed E-state index contributed by atoms with van der Waals surface area (Å²) in [6.45, 7) is 2.28. The average Bonchev–Trinajstić information content (AvgIpc) is 2.50. The molecule has 0 aromatic rings. The lowest BCUT2D eigenvalue weighted by atomic mass is 9.76. The second-order valence-corrected chi connectivity index (χ2v) is 6.34. The van der Waals surface area contributed by atoms with Crippen LogP contribution in [0.2, 0.25) is 0 Å². The molecule has 0 radical (unpaired) electrons. The molecule has 0 aromatic carbocycles. The summed E-state index contributed by atoms with van der Waals surface area (Å²) in [7, 11) is 3.08. The van der Waals surface area contributed by atoms with Gasteiger partial charge in [-0.2, -0.15) is 0 Å². The highest BCUT2D eigenvalue weighted by Gasteiger charge is 2.50. The Bertz CT molecular complexity index is 272. The van der Waals surface area contributed by atoms with E-state index in [0.717, 1.165) is 44.9 Å². The van der Waals surface area contributed by atoms with E-state index in [2.05, 4.69) is 6.92 Å². The molecule has 1 saturated carbocycles. The molecule has 1 rings (SSSR count). The Balaban J connectivity index is 2.67. The van der Waals surface area contributed by atoms with Crippen LogP contribution in [-0.4, -0.2) is 32.9 Å². The molecule has 0 spiro atoms. The lowest BCUT2D eigenvalue weighted by Crippen LogP contribution is -2.46. The Hall–Kier alpha value is -0.220. The van der Waals surface area contributed by atoms with Crippen molar-refractivity contribution in [2.24, 2.45) is 11.8 Å². The number of methoxy groups -OCH3 is 2. The number of halogens is 2. The standard InChI is InChI=1S/C17H32F2O2/c1-4-5-6-7-10-14(13-20-2)17(18,19)15-11-8-9-12-16(15)21-3/h14-16H,4-13H2,1-3H3/t14-,15?,16?/m0/s1. The predicted molar refractivity (Wildman–Crippen MR) is 81.8 cm³/mol. The minimum Gasteiger partial charge on any atom is -0.384 e. The van der Waals surface area contributed by atoms with Crippen molar-refractivity contribution in [2.45, 2.75) is 76.7 Å². The third-order valence-electron chi connectivity index (χ3n) is 4.82. The Labute approximate surface area is 128 Å². The highest BCUT2D eigenvalue weighted by molar-refractivity contribution is 4.91. The van der Waals surface area contributed by atoms with Crippen LogP contribution >= 0.6 is 0 Å². The van der Waals surface area contributed by atoms with E-state index in [4.69, 9.17) is 9.47 Å². The number of hydrogen-bond acceptors (Lipinski definition) is 2. The molecule has 126 valence electrons. The van der Waals surface area contributed by atoms with Gasteiger partial charge in [0.1, 0.15) is 0 Å². The summed E-state index contributed by atoms with van der Waals surface area (Å²) in [4.78, 5) is 0. The summed E-state index contributed by atoms with van der Waals surface area (Å²) < 4.78 is 40.3. The van der Waals surface area contributed by atoms with E-state index in [9.17, 15) is 8.78 Å². The van der Waals surface area contributed by atoms with Crippen molar-refractivity contribution in [3.05, 3.63) is 0 Å². The van der Waals surface area contributed by atoms with Gasteiger partial charge in [0, 0.05) is 26.1 Å². The first-order valence-corrected chi connectivity index (χ1v) is 8.47. The van der Waals surface area contributed by atoms with Crippen LogP contribution in [0.3, 0.4) is 0 Å². The van der Waals surface area contributed by atoms with Gasteiger partial charge in [-0.1, -0.05) is 45.4 Å². The summed E-state index contributed by atoms with van der Waals surface area (Å²) in [5.74, 6) is -4.02. The summed E-state index contributed by atoms with van der Waals surface area (Å²) in [5.41, 5.74) is 0. The summed E-state index contributed by atoms with van der Waals surface area (Å²) in [6.07, 6.45) is 7.60. The minimum atomic E-state index is -2.69. The molecule has 21 heavy (non-hydrogen) atoms. The second-order valence-electron chi connectivity index (χ2n) is 6.34. The first-order valence-electron chi connectivity index (χ1n) is 8.47. The molecular weight excluding hydrogens is 274 g/mol. The van der Waals surface area contributed by atoms with Gasteiger partial charge in [0.15, 0.2) is 0 Å². The average molecular weight is 306 g/mol. The van der Waals surface area contributed by atoms with Gasteiger partial charge < -0.3 is 9.47 Å². The largest absolute Gasteiger partial charge is 0.384 e. The van der Waals surface area contributed by atoms with E-state index in [1.54, 1.807) is 7.11 Å². The van der Waals surface area contributed by atoms with E-state index < -0.39 is 17.8 Å². The van der Waals surface area contributed by atoms with Crippen LogP contribution in [0.1, 0.15) is 64.7 Å². The predicted octanol–water partition coefficient (Wildman–Crippen LogP) is 5.06. The van der Waals surface area contributed by atoms with Crippen LogP contribution in [0, 0.1) is 11.8 Å². The number of rotatable bonds is 10. The van der Waals surface area contributed by atoms with Crippen LogP contribution in [-0.2, 0) is 9.47 Å². The molecule has 4 heteroatoms. The van der Waals surface area contributed by atoms with Crippen LogP contribution in [0.4, 0.5) is 8.78 Å². The molecule has 2 nitrogen and oxygen atoms in total. The molecule has 0 saturated heterocycles. The Kier molecular flexibility index (Phi) is 8.72. The van der Waals surface area contributed by atoms with Crippen LogP contribution in [0.25, 0.3) is 0 Å². The van der Waals surface area contributed by atoms with Crippen LogP contribution in [0.5, 0.6) is 0 Å². The smallest absolute Gasteiger partial charge is 0.258 e. The zero-order valence-electron chi connectivity index (χ0n) is 13.9. The molecule has 0 bridgehead atoms. The molecule has 3 atom stereocenters. The first kappa shape index (κ1) is 18.8. The van der Waals surface area contributed by atoms with Crippen molar-refractivity contribution in [3.63, 3.8) is 0 Å². The van der Waals surface area contributed by atoms with Gasteiger partial charge in [-0.15, -0.1) is 0 Å². The molecule has 0 amide bonds. The van der Waals surface area contributed by atoms with E-state index in [1.165, 1.54) is 7.11 Å². The maximum atomic E-state index is 14.9. The lowest BCUT2D eigenvalue weighted by molar-refractivity contribution is -0.172. The fourth-order valence-electron chi connectivity index (χ4n) is 3.53. The van der Waals surface area contributed by atoms with Crippen molar-refractivity contribution in [3.8, 4) is 0 Å². The van der Waals surface area contributed by atoms with Gasteiger partial charge in [0.25, 0.3) is 5.92 Å². The Morgan fingerprint density at radius 2 is 1.81 bits per heavy atom. The van der Waals surface area contributed by atoms with E-state index in [1.807, 2.05) is 0 Å². The minimum absolute atomic E-state index is 0.145. The molecule has 1 fully saturated rings. The Morgan fingerprint density at radius 3 is 2.43 bits per heavy atom. The van der Waals surface area contributed by atoms with Crippen molar-refractivity contribution >= 4 is 0 Å². The monoisotopic (exact) mass is 306 g/mol. The SMILES string of the molecule is CCCCCC[C@@H](COC)C(F)(F)C1CCCCC1OC. The van der Waals surface area contributed by atoms with Gasteiger partial charge >= 0.3 is 0 Å². The van der Waals surface area contributed by atoms with Crippen molar-refractivity contribution in [1.29, 1.82) is 0 Å². The summed E-state index contributed by atoms with van der Waals surface area (Å²) in [6, 6.07) is 0. The summed E-state index contributed by atoms with van der Waals surface area (Å²) in [5, 5.41) is 0. The number of alkyl halides is 2. The normalized spacial score (nSPS) is 25.0. The Morgan fingerprint density at radius 1 is 1.10 bits per heavy atom. The van der Waals surface area contributed by atoms with Gasteiger partial charge in [0.05, 0.1) is 12.7 Å². The number of unbranched alkanes of at least 4 members (excludes halogenated alkanes) is 3. The second kappa shape index (κ2) is 9.73. The molecule has 0 heterocycles. The van der Waals surface area contributed by atoms with Gasteiger partial charge in [-0.25, -0.2) is 8.78 Å². The molecular formula is C17H32F2O2. The maximum Gasteiger partial charge on any atom is 0.258 e. The molecule has 0 N–H and O–H groups in total. The van der Waals surface area contributed by atoms with E-state index >= 15 is 0 Å². The fourth-order valence-corrected chi connectivity index (χ4v) is 3.53. The molecule has 0 aromatic heterocycles. The van der Waals surface area contributed by atoms with Crippen molar-refractivity contribution in [2.75, 3.05) is 20.8 Å². The van der Waals surface area contributed by atoms with Gasteiger partial charge in [0.2, 0.25) is 0 Å². The molecule has 1 aliphatic carbocycles. The van der Waals surface area contributed by atoms with Gasteiger partial charge in [-0.05, 0) is 19.3 Å². The van der Waals surface area contributed by atoms with Crippen molar-refractivity contribution in [1.82, 2.24) is 0 Å². The number of ether oxygens (including phenoxy) is 2. The van der Waals surface area contributed by atoms with Crippen molar-refractivity contribution < 1.29 is 18.3 Å².